The predicted octanol–water partition coefficient (Wildman–Crippen LogP) is 2.30. The molecular formula is C18H30ClN3O3S. The Kier molecular flexibility index (Phi) is 8.07. The Morgan fingerprint density at radius 1 is 1.35 bits per heavy atom. The number of nitrogens with two attached hydrogens (primary N) is 1. The summed E-state index contributed by atoms with van der Waals surface area (Å²) in [7, 11) is -1.85. The quantitative estimate of drug-likeness (QED) is 0.696. The van der Waals surface area contributed by atoms with E-state index in [0.717, 1.165) is 18.4 Å². The summed E-state index contributed by atoms with van der Waals surface area (Å²) in [4.78, 5) is 14.5. The van der Waals surface area contributed by atoms with Crippen molar-refractivity contribution in [3.05, 3.63) is 29.3 Å². The largest absolute Gasteiger partial charge is 0.342 e. The van der Waals surface area contributed by atoms with Crippen LogP contribution in [0.3, 0.4) is 0 Å². The van der Waals surface area contributed by atoms with Gasteiger partial charge in [0.25, 0.3) is 5.91 Å². The van der Waals surface area contributed by atoms with Crippen molar-refractivity contribution in [2.24, 2.45) is 11.7 Å². The molecule has 8 heteroatoms. The Bertz CT molecular complexity index is 733. The van der Waals surface area contributed by atoms with Crippen LogP contribution in [0.15, 0.2) is 23.1 Å². The third-order valence-electron chi connectivity index (χ3n) is 4.65. The highest BCUT2D eigenvalue weighted by atomic mass is 35.5. The topological polar surface area (TPSA) is 92.5 Å². The Labute approximate surface area is 163 Å². The molecule has 148 valence electrons. The number of amides is 1. The van der Waals surface area contributed by atoms with Crippen molar-refractivity contribution in [2.75, 3.05) is 13.6 Å². The smallest absolute Gasteiger partial charge is 0.253 e. The van der Waals surface area contributed by atoms with Crippen molar-refractivity contribution in [3.8, 4) is 0 Å². The normalized spacial score (nSPS) is 15.5. The highest BCUT2D eigenvalue weighted by Crippen LogP contribution is 2.23. The van der Waals surface area contributed by atoms with Crippen LogP contribution in [0.2, 0.25) is 0 Å². The first kappa shape index (κ1) is 22.9. The average molecular weight is 404 g/mol. The number of hydrogen-bond acceptors (Lipinski definition) is 4. The van der Waals surface area contributed by atoms with E-state index in [4.69, 9.17) is 5.73 Å². The van der Waals surface area contributed by atoms with Gasteiger partial charge in [0.2, 0.25) is 10.0 Å². The van der Waals surface area contributed by atoms with Crippen molar-refractivity contribution in [1.29, 1.82) is 0 Å². The number of carbonyl (C=O) groups is 1. The molecule has 1 aliphatic carbocycles. The van der Waals surface area contributed by atoms with Crippen molar-refractivity contribution >= 4 is 28.3 Å². The van der Waals surface area contributed by atoms with Gasteiger partial charge in [0.1, 0.15) is 0 Å². The van der Waals surface area contributed by atoms with Gasteiger partial charge in [-0.25, -0.2) is 13.1 Å². The zero-order chi connectivity index (χ0) is 18.8. The van der Waals surface area contributed by atoms with E-state index in [0.29, 0.717) is 24.4 Å². The SMILES string of the molecule is Cc1ccc(S(=O)(=O)NC2CC2)cc1C(=O)N(C)CCC(N)C(C)C.Cl. The van der Waals surface area contributed by atoms with Gasteiger partial charge in [-0.05, 0) is 49.8 Å². The van der Waals surface area contributed by atoms with E-state index in [9.17, 15) is 13.2 Å². The maximum absolute atomic E-state index is 12.7. The summed E-state index contributed by atoms with van der Waals surface area (Å²) < 4.78 is 27.4. The molecule has 0 radical (unpaired) electrons. The fourth-order valence-electron chi connectivity index (χ4n) is 2.47. The predicted molar refractivity (Wildman–Crippen MR) is 106 cm³/mol. The van der Waals surface area contributed by atoms with E-state index in [1.165, 1.54) is 6.07 Å². The molecule has 0 aromatic heterocycles. The van der Waals surface area contributed by atoms with E-state index < -0.39 is 10.0 Å². The van der Waals surface area contributed by atoms with Crippen LogP contribution in [0.4, 0.5) is 0 Å². The highest BCUT2D eigenvalue weighted by molar-refractivity contribution is 7.89. The minimum Gasteiger partial charge on any atom is -0.342 e. The van der Waals surface area contributed by atoms with Gasteiger partial charge in [-0.1, -0.05) is 19.9 Å². The lowest BCUT2D eigenvalue weighted by atomic mass is 10.0. The van der Waals surface area contributed by atoms with E-state index >= 15 is 0 Å². The molecule has 1 saturated carbocycles. The standard InChI is InChI=1S/C18H29N3O3S.ClH/c1-12(2)17(19)9-10-21(4)18(22)16-11-15(8-5-13(16)3)25(23,24)20-14-6-7-14;/h5,8,11-12,14,17,20H,6-7,9-10,19H2,1-4H3;1H. The molecule has 2 rings (SSSR count). The molecule has 1 aromatic rings. The lowest BCUT2D eigenvalue weighted by Crippen LogP contribution is -2.35. The number of aryl methyl sites for hydroxylation is 1. The van der Waals surface area contributed by atoms with Crippen LogP contribution >= 0.6 is 12.4 Å². The fraction of sp³-hybridized carbons (Fsp3) is 0.611. The Morgan fingerprint density at radius 3 is 2.50 bits per heavy atom. The maximum Gasteiger partial charge on any atom is 0.253 e. The third kappa shape index (κ3) is 5.94. The molecular weight excluding hydrogens is 374 g/mol. The van der Waals surface area contributed by atoms with Gasteiger partial charge in [-0.15, -0.1) is 12.4 Å². The Hall–Kier alpha value is -1.15. The van der Waals surface area contributed by atoms with Gasteiger partial charge >= 0.3 is 0 Å². The van der Waals surface area contributed by atoms with Gasteiger partial charge in [0.15, 0.2) is 0 Å². The molecule has 0 spiro atoms. The van der Waals surface area contributed by atoms with E-state index in [-0.39, 0.29) is 35.3 Å². The van der Waals surface area contributed by atoms with Gasteiger partial charge < -0.3 is 10.6 Å². The molecule has 1 atom stereocenters. The van der Waals surface area contributed by atoms with Gasteiger partial charge in [-0.3, -0.25) is 4.79 Å². The van der Waals surface area contributed by atoms with Gasteiger partial charge in [0, 0.05) is 31.2 Å². The summed E-state index contributed by atoms with van der Waals surface area (Å²) in [5.41, 5.74) is 7.22. The molecule has 0 heterocycles. The number of carbonyl (C=O) groups excluding carboxylic acids is 1. The second-order valence-electron chi connectivity index (χ2n) is 7.30. The number of nitrogens with zero attached hydrogens (tertiary/aromatic N) is 1. The van der Waals surface area contributed by atoms with Crippen LogP contribution in [0, 0.1) is 12.8 Å². The number of sulfonamides is 1. The average Bonchev–Trinajstić information content (AvgIpc) is 3.34. The van der Waals surface area contributed by atoms with Crippen LogP contribution in [-0.2, 0) is 10.0 Å². The van der Waals surface area contributed by atoms with Crippen molar-refractivity contribution < 1.29 is 13.2 Å². The molecule has 26 heavy (non-hydrogen) atoms. The van der Waals surface area contributed by atoms with E-state index in [2.05, 4.69) is 18.6 Å². The summed E-state index contributed by atoms with van der Waals surface area (Å²) in [6.45, 7) is 6.45. The van der Waals surface area contributed by atoms with Crippen LogP contribution in [0.25, 0.3) is 0 Å². The first-order chi connectivity index (χ1) is 11.6. The van der Waals surface area contributed by atoms with Crippen molar-refractivity contribution in [3.63, 3.8) is 0 Å². The van der Waals surface area contributed by atoms with Gasteiger partial charge in [0.05, 0.1) is 4.90 Å². The summed E-state index contributed by atoms with van der Waals surface area (Å²) >= 11 is 0. The minimum absolute atomic E-state index is 0. The van der Waals surface area contributed by atoms with E-state index in [1.807, 2.05) is 6.92 Å². The van der Waals surface area contributed by atoms with Crippen molar-refractivity contribution in [1.82, 2.24) is 9.62 Å². The lowest BCUT2D eigenvalue weighted by Gasteiger charge is -2.22. The van der Waals surface area contributed by atoms with Crippen molar-refractivity contribution in [2.45, 2.75) is 57.0 Å². The first-order valence-electron chi connectivity index (χ1n) is 8.76. The molecule has 0 aliphatic heterocycles. The zero-order valence-electron chi connectivity index (χ0n) is 15.9. The Balaban J connectivity index is 0.00000338. The number of halogens is 1. The molecule has 1 amide bonds. The molecule has 1 aliphatic rings. The first-order valence-corrected chi connectivity index (χ1v) is 10.2. The molecule has 1 unspecified atom stereocenters. The summed E-state index contributed by atoms with van der Waals surface area (Å²) in [6, 6.07) is 4.77. The summed E-state index contributed by atoms with van der Waals surface area (Å²) in [5, 5.41) is 0. The molecule has 0 saturated heterocycles. The zero-order valence-corrected chi connectivity index (χ0v) is 17.5. The molecule has 3 N–H and O–H groups in total. The van der Waals surface area contributed by atoms with Crippen LogP contribution in [0.5, 0.6) is 0 Å². The molecule has 6 nitrogen and oxygen atoms in total. The third-order valence-corrected chi connectivity index (χ3v) is 6.17. The number of rotatable bonds is 8. The molecule has 0 bridgehead atoms. The number of benzene rings is 1. The summed E-state index contributed by atoms with van der Waals surface area (Å²) in [6.07, 6.45) is 2.45. The number of hydrogen-bond donors (Lipinski definition) is 2. The maximum atomic E-state index is 12.7. The number of nitrogens with one attached hydrogen (secondary N) is 1. The second-order valence-corrected chi connectivity index (χ2v) is 9.01. The van der Waals surface area contributed by atoms with Crippen LogP contribution in [0.1, 0.15) is 49.0 Å². The lowest BCUT2D eigenvalue weighted by molar-refractivity contribution is 0.0788. The molecule has 1 fully saturated rings. The minimum atomic E-state index is -3.57. The summed E-state index contributed by atoms with van der Waals surface area (Å²) in [5.74, 6) is 0.170. The van der Waals surface area contributed by atoms with Crippen LogP contribution < -0.4 is 10.5 Å². The van der Waals surface area contributed by atoms with Gasteiger partial charge in [-0.2, -0.15) is 0 Å². The Morgan fingerprint density at radius 2 is 1.96 bits per heavy atom. The monoisotopic (exact) mass is 403 g/mol. The molecule has 1 aromatic carbocycles. The van der Waals surface area contributed by atoms with E-state index in [1.54, 1.807) is 24.1 Å². The van der Waals surface area contributed by atoms with Crippen LogP contribution in [-0.4, -0.2) is 44.9 Å². The fourth-order valence-corrected chi connectivity index (χ4v) is 3.80. The second kappa shape index (κ2) is 9.17. The highest BCUT2D eigenvalue weighted by Gasteiger charge is 2.28.